The number of nitrogens with zero attached hydrogens (tertiary/aromatic N) is 9. The van der Waals surface area contributed by atoms with E-state index in [4.69, 9.17) is 23.9 Å². The standard InChI is InChI=1S/C62H78FN11O7/c1-9-72-53-19-16-39-29-46(53)48(57(72)47-31-44(34-65-55(47)38(4)79-8)71-25-23-70(24-26-71)42-17-18-42)33-62(5,6)36-81-60(77)49-15-12-22-74(68-49)59(76)51(32-54-66-52(39)35-80-54)67-58(75)56(37(2)3)69(7)61(78)73-21-11-13-43(73)28-40-27-41(63)30-50-45(40)14-10-20-64-50/h10,14,16,19-20,27,29-31,34-35,37-38,42-43,49,51,56,68H,9,11-13,15,17-18,21-26,28,32-33,36H2,1-8H3,(H,67,75)/t38-,43-,49-,51-,56-/m0/s1. The molecule has 3 saturated heterocycles. The molecule has 6 aromatic rings. The van der Waals surface area contributed by atoms with E-state index in [0.717, 1.165) is 94.3 Å². The van der Waals surface area contributed by atoms with Gasteiger partial charge in [-0.15, -0.1) is 0 Å². The Bertz CT molecular complexity index is 3330. The molecule has 6 bridgehead atoms. The normalized spacial score (nSPS) is 21.8. The van der Waals surface area contributed by atoms with E-state index in [1.54, 1.807) is 31.5 Å². The summed E-state index contributed by atoms with van der Waals surface area (Å²) in [6, 6.07) is 12.4. The van der Waals surface area contributed by atoms with Crippen LogP contribution in [0.4, 0.5) is 14.9 Å². The number of hydrazine groups is 1. The van der Waals surface area contributed by atoms with Crippen LogP contribution in [0.15, 0.2) is 71.6 Å². The fourth-order valence-electron chi connectivity index (χ4n) is 13.0. The molecule has 4 amide bonds. The molecular formula is C62H78FN11O7. The summed E-state index contributed by atoms with van der Waals surface area (Å²) in [6.07, 6.45) is 10.7. The average Bonchev–Trinajstić information content (AvgIpc) is 3.96. The van der Waals surface area contributed by atoms with E-state index >= 15 is 0 Å². The second-order valence-electron chi connectivity index (χ2n) is 24.1. The maximum absolute atomic E-state index is 14.9. The number of amides is 4. The number of pyridine rings is 2. The summed E-state index contributed by atoms with van der Waals surface area (Å²) in [5, 5.41) is 6.26. The van der Waals surface area contributed by atoms with Crippen molar-refractivity contribution in [2.75, 3.05) is 64.9 Å². The van der Waals surface area contributed by atoms with Gasteiger partial charge < -0.3 is 38.5 Å². The third-order valence-electron chi connectivity index (χ3n) is 17.4. The number of halogens is 1. The quantitative estimate of drug-likeness (QED) is 0.111. The number of aromatic nitrogens is 4. The number of esters is 1. The molecular weight excluding hydrogens is 1030 g/mol. The lowest BCUT2D eigenvalue weighted by atomic mass is 9.84. The number of nitrogens with one attached hydrogen (secondary N) is 2. The van der Waals surface area contributed by atoms with Crippen LogP contribution in [-0.2, 0) is 49.7 Å². The van der Waals surface area contributed by atoms with Crippen LogP contribution in [-0.4, -0.2) is 153 Å². The molecule has 18 nitrogen and oxygen atoms in total. The summed E-state index contributed by atoms with van der Waals surface area (Å²) in [5.41, 5.74) is 11.3. The predicted molar refractivity (Wildman–Crippen MR) is 307 cm³/mol. The van der Waals surface area contributed by atoms with E-state index in [0.29, 0.717) is 56.4 Å². The van der Waals surface area contributed by atoms with Gasteiger partial charge in [0.2, 0.25) is 5.91 Å². The number of urea groups is 1. The number of benzene rings is 2. The minimum atomic E-state index is -1.21. The number of ether oxygens (including phenoxy) is 2. The highest BCUT2D eigenvalue weighted by Crippen LogP contribution is 2.43. The zero-order valence-electron chi connectivity index (χ0n) is 48.2. The summed E-state index contributed by atoms with van der Waals surface area (Å²) in [7, 11) is 3.33. The first kappa shape index (κ1) is 55.9. The Hall–Kier alpha value is -6.96. The SMILES string of the molecule is CCn1c(-c2cc(N3CCN(C4CC4)CC3)cnc2[C@H](C)OC)c2c3cc(ccc31)-c1coc(n1)C[C@H](NC(=O)[C@H](C(C)C)N(C)C(=O)N1CCC[C@H]1Cc1cc(F)cc3ncccc13)C(=O)N1CCC[C@H](N1)C(=O)OCC(C)(C)C2. The van der Waals surface area contributed by atoms with Crippen molar-refractivity contribution in [1.29, 1.82) is 0 Å². The minimum Gasteiger partial charge on any atom is -0.464 e. The molecule has 81 heavy (non-hydrogen) atoms. The van der Waals surface area contributed by atoms with Gasteiger partial charge in [-0.05, 0) is 113 Å². The highest BCUT2D eigenvalue weighted by atomic mass is 19.1. The van der Waals surface area contributed by atoms with Crippen LogP contribution in [0.1, 0.15) is 109 Å². The van der Waals surface area contributed by atoms with Crippen LogP contribution in [0.2, 0.25) is 0 Å². The number of hydrogen-bond acceptors (Lipinski definition) is 13. The molecule has 430 valence electrons. The van der Waals surface area contributed by atoms with Gasteiger partial charge in [0.15, 0.2) is 5.89 Å². The number of likely N-dealkylation sites (tertiary alicyclic amines) is 1. The molecule has 0 unspecified atom stereocenters. The maximum atomic E-state index is 14.9. The summed E-state index contributed by atoms with van der Waals surface area (Å²) >= 11 is 0. The molecule has 0 radical (unpaired) electrons. The predicted octanol–water partition coefficient (Wildman–Crippen LogP) is 8.49. The highest BCUT2D eigenvalue weighted by molar-refractivity contribution is 5.96. The van der Waals surface area contributed by atoms with Gasteiger partial charge in [-0.25, -0.2) is 19.6 Å². The lowest BCUT2D eigenvalue weighted by molar-refractivity contribution is -0.155. The molecule has 0 spiro atoms. The second-order valence-corrected chi connectivity index (χ2v) is 24.1. The maximum Gasteiger partial charge on any atom is 0.324 e. The van der Waals surface area contributed by atoms with Gasteiger partial charge in [0, 0.05) is 117 Å². The Morgan fingerprint density at radius 2 is 1.75 bits per heavy atom. The number of methoxy groups -OCH3 is 1. The lowest BCUT2D eigenvalue weighted by Crippen LogP contribution is -2.62. The smallest absolute Gasteiger partial charge is 0.324 e. The zero-order valence-corrected chi connectivity index (χ0v) is 48.2. The molecule has 8 heterocycles. The molecule has 4 aromatic heterocycles. The molecule has 2 aromatic carbocycles. The van der Waals surface area contributed by atoms with Crippen molar-refractivity contribution in [3.8, 4) is 22.5 Å². The third-order valence-corrected chi connectivity index (χ3v) is 17.4. The van der Waals surface area contributed by atoms with Gasteiger partial charge in [0.25, 0.3) is 5.91 Å². The molecule has 1 saturated carbocycles. The molecule has 5 atom stereocenters. The van der Waals surface area contributed by atoms with Crippen molar-refractivity contribution in [2.45, 2.75) is 142 Å². The molecule has 11 rings (SSSR count). The van der Waals surface area contributed by atoms with E-state index in [1.165, 1.54) is 34.9 Å². The van der Waals surface area contributed by atoms with Crippen LogP contribution in [0.25, 0.3) is 44.3 Å². The molecule has 2 N–H and O–H groups in total. The van der Waals surface area contributed by atoms with Gasteiger partial charge in [0.05, 0.1) is 47.9 Å². The van der Waals surface area contributed by atoms with Crippen LogP contribution in [0, 0.1) is 17.2 Å². The summed E-state index contributed by atoms with van der Waals surface area (Å²) < 4.78 is 35.7. The zero-order chi connectivity index (χ0) is 56.9. The molecule has 4 aliphatic heterocycles. The van der Waals surface area contributed by atoms with Crippen LogP contribution in [0.5, 0.6) is 0 Å². The highest BCUT2D eigenvalue weighted by Gasteiger charge is 2.41. The summed E-state index contributed by atoms with van der Waals surface area (Å²) in [5.74, 6) is -2.04. The number of oxazole rings is 1. The van der Waals surface area contributed by atoms with Crippen LogP contribution < -0.4 is 15.6 Å². The third kappa shape index (κ3) is 11.5. The second kappa shape index (κ2) is 23.1. The summed E-state index contributed by atoms with van der Waals surface area (Å²) in [4.78, 5) is 81.4. The van der Waals surface area contributed by atoms with Crippen molar-refractivity contribution in [3.63, 3.8) is 0 Å². The topological polar surface area (TPSA) is 184 Å². The van der Waals surface area contributed by atoms with Crippen LogP contribution >= 0.6 is 0 Å². The number of aryl methyl sites for hydroxylation is 1. The molecule has 19 heteroatoms. The Balaban J connectivity index is 0.919. The lowest BCUT2D eigenvalue weighted by Gasteiger charge is -2.37. The Morgan fingerprint density at radius 3 is 2.51 bits per heavy atom. The van der Waals surface area contributed by atoms with E-state index in [2.05, 4.69) is 69.1 Å². The van der Waals surface area contributed by atoms with Crippen molar-refractivity contribution in [2.24, 2.45) is 11.3 Å². The van der Waals surface area contributed by atoms with E-state index in [9.17, 15) is 23.6 Å². The van der Waals surface area contributed by atoms with Crippen LogP contribution in [0.3, 0.4) is 0 Å². The number of carbonyl (C=O) groups is 4. The van der Waals surface area contributed by atoms with Gasteiger partial charge in [-0.2, -0.15) is 0 Å². The number of fused-ring (bicyclic) bond motifs is 7. The Labute approximate surface area is 473 Å². The van der Waals surface area contributed by atoms with Crippen molar-refractivity contribution in [3.05, 3.63) is 95.7 Å². The first-order chi connectivity index (χ1) is 39.0. The molecule has 1 aliphatic carbocycles. The van der Waals surface area contributed by atoms with Crippen molar-refractivity contribution < 1.29 is 37.5 Å². The van der Waals surface area contributed by atoms with E-state index in [1.807, 2.05) is 45.2 Å². The van der Waals surface area contributed by atoms with Crippen molar-refractivity contribution >= 4 is 51.3 Å². The first-order valence-corrected chi connectivity index (χ1v) is 29.2. The number of carbonyl (C=O) groups excluding carboxylic acids is 4. The number of likely N-dealkylation sites (N-methyl/N-ethyl adjacent to an activating group) is 1. The molecule has 4 fully saturated rings. The van der Waals surface area contributed by atoms with E-state index in [-0.39, 0.29) is 49.6 Å². The van der Waals surface area contributed by atoms with Gasteiger partial charge >= 0.3 is 12.0 Å². The first-order valence-electron chi connectivity index (χ1n) is 29.2. The summed E-state index contributed by atoms with van der Waals surface area (Å²) in [6.45, 7) is 17.5. The number of rotatable bonds is 12. The molecule has 5 aliphatic rings. The number of hydrogen-bond donors (Lipinski definition) is 2. The fraction of sp³-hybridized carbons (Fsp3) is 0.532. The number of cyclic esters (lactones) is 1. The van der Waals surface area contributed by atoms with E-state index < -0.39 is 47.1 Å². The monoisotopic (exact) mass is 1110 g/mol. The Morgan fingerprint density at radius 1 is 0.963 bits per heavy atom. The Kier molecular flexibility index (Phi) is 16.0. The van der Waals surface area contributed by atoms with Gasteiger partial charge in [-0.3, -0.25) is 34.3 Å². The number of anilines is 1. The average molecular weight is 1110 g/mol. The van der Waals surface area contributed by atoms with Gasteiger partial charge in [-0.1, -0.05) is 39.8 Å². The van der Waals surface area contributed by atoms with Gasteiger partial charge in [0.1, 0.15) is 35.9 Å². The minimum absolute atomic E-state index is 0.103. The number of piperazine rings is 1. The van der Waals surface area contributed by atoms with Crippen molar-refractivity contribution in [1.82, 2.24) is 50.0 Å². The fourth-order valence-corrected chi connectivity index (χ4v) is 13.0. The largest absolute Gasteiger partial charge is 0.464 e.